The van der Waals surface area contributed by atoms with Crippen LogP contribution in [0.5, 0.6) is 0 Å². The Hall–Kier alpha value is -1.79. The van der Waals surface area contributed by atoms with E-state index in [1.807, 2.05) is 43.8 Å². The molecule has 1 amide bonds. The molecule has 1 aliphatic rings. The summed E-state index contributed by atoms with van der Waals surface area (Å²) in [5, 5.41) is 6.40. The Kier molecular flexibility index (Phi) is 5.03. The molecule has 1 atom stereocenters. The molecule has 122 valence electrons. The minimum absolute atomic E-state index is 0.0360. The number of hydrogen-bond acceptors (Lipinski definition) is 5. The first-order valence-electron chi connectivity index (χ1n) is 7.76. The summed E-state index contributed by atoms with van der Waals surface area (Å²) in [5.41, 5.74) is 3.54. The summed E-state index contributed by atoms with van der Waals surface area (Å²) in [5.74, 6) is 2.72. The van der Waals surface area contributed by atoms with E-state index in [4.69, 9.17) is 4.42 Å². The second-order valence-corrected chi connectivity index (χ2v) is 6.95. The molecule has 1 saturated heterocycles. The topological polar surface area (TPSA) is 67.2 Å². The number of carbonyl (C=O) groups is 1. The first kappa shape index (κ1) is 16.1. The van der Waals surface area contributed by atoms with Crippen LogP contribution in [0.1, 0.15) is 17.7 Å². The highest BCUT2D eigenvalue weighted by molar-refractivity contribution is 7.99. The van der Waals surface area contributed by atoms with Crippen LogP contribution in [0.4, 0.5) is 5.69 Å². The zero-order valence-electron chi connectivity index (χ0n) is 13.4. The average Bonchev–Trinajstić information content (AvgIpc) is 2.97. The Morgan fingerprint density at radius 2 is 2.35 bits per heavy atom. The van der Waals surface area contributed by atoms with E-state index in [1.54, 1.807) is 6.26 Å². The number of nitrogens with zero attached hydrogens (tertiary/aromatic N) is 1. The lowest BCUT2D eigenvalue weighted by Crippen LogP contribution is -2.39. The Bertz CT molecular complexity index is 693. The summed E-state index contributed by atoms with van der Waals surface area (Å²) < 4.78 is 5.44. The lowest BCUT2D eigenvalue weighted by Gasteiger charge is -2.22. The van der Waals surface area contributed by atoms with Gasteiger partial charge in [-0.3, -0.25) is 4.79 Å². The zero-order chi connectivity index (χ0) is 16.2. The predicted octanol–water partition coefficient (Wildman–Crippen LogP) is 2.99. The number of nitrogens with one attached hydrogen (secondary N) is 2. The van der Waals surface area contributed by atoms with Crippen molar-refractivity contribution in [1.29, 1.82) is 0 Å². The summed E-state index contributed by atoms with van der Waals surface area (Å²) >= 11 is 1.89. The Morgan fingerprint density at radius 3 is 3.04 bits per heavy atom. The van der Waals surface area contributed by atoms with Gasteiger partial charge in [-0.25, -0.2) is 4.98 Å². The number of carbonyl (C=O) groups excluding carboxylic acids is 1. The average molecular weight is 331 g/mol. The summed E-state index contributed by atoms with van der Waals surface area (Å²) in [6.07, 6.45) is 2.12. The number of hydrogen-bond donors (Lipinski definition) is 2. The molecule has 2 heterocycles. The monoisotopic (exact) mass is 331 g/mol. The van der Waals surface area contributed by atoms with Gasteiger partial charge in [-0.15, -0.1) is 0 Å². The fraction of sp³-hybridized carbons (Fsp3) is 0.412. The van der Waals surface area contributed by atoms with Gasteiger partial charge in [0.05, 0.1) is 5.69 Å². The lowest BCUT2D eigenvalue weighted by atomic mass is 10.1. The molecular formula is C17H21N3O2S. The minimum Gasteiger partial charge on any atom is -0.444 e. The molecule has 1 aromatic carbocycles. The largest absolute Gasteiger partial charge is 0.444 e. The van der Waals surface area contributed by atoms with Gasteiger partial charge >= 0.3 is 0 Å². The molecule has 3 rings (SSSR count). The maximum atomic E-state index is 12.3. The summed E-state index contributed by atoms with van der Waals surface area (Å²) in [6, 6.07) is 6.10. The molecule has 0 aliphatic carbocycles. The molecule has 1 unspecified atom stereocenters. The molecule has 1 fully saturated rings. The van der Waals surface area contributed by atoms with Crippen molar-refractivity contribution in [2.75, 3.05) is 23.4 Å². The van der Waals surface area contributed by atoms with Crippen LogP contribution >= 0.6 is 11.8 Å². The smallest absolute Gasteiger partial charge is 0.226 e. The first-order chi connectivity index (χ1) is 11.1. The van der Waals surface area contributed by atoms with Gasteiger partial charge < -0.3 is 15.1 Å². The maximum absolute atomic E-state index is 12.3. The third kappa shape index (κ3) is 4.14. The van der Waals surface area contributed by atoms with Crippen molar-refractivity contribution in [3.05, 3.63) is 35.7 Å². The Labute approximate surface area is 140 Å². The zero-order valence-corrected chi connectivity index (χ0v) is 14.2. The molecule has 0 saturated carbocycles. The van der Waals surface area contributed by atoms with Crippen LogP contribution in [-0.2, 0) is 4.79 Å². The van der Waals surface area contributed by atoms with Crippen molar-refractivity contribution in [3.63, 3.8) is 0 Å². The van der Waals surface area contributed by atoms with E-state index >= 15 is 0 Å². The Balaban J connectivity index is 1.70. The van der Waals surface area contributed by atoms with Crippen LogP contribution in [0, 0.1) is 13.8 Å². The molecule has 1 aliphatic heterocycles. The number of aryl methyl sites for hydroxylation is 2. The van der Waals surface area contributed by atoms with E-state index in [0.29, 0.717) is 12.3 Å². The molecular weight excluding hydrogens is 310 g/mol. The highest BCUT2D eigenvalue weighted by Gasteiger charge is 2.17. The molecule has 5 nitrogen and oxygen atoms in total. The van der Waals surface area contributed by atoms with Gasteiger partial charge in [0.25, 0.3) is 0 Å². The Morgan fingerprint density at radius 1 is 1.48 bits per heavy atom. The van der Waals surface area contributed by atoms with Crippen molar-refractivity contribution >= 4 is 23.4 Å². The number of rotatable bonds is 4. The number of aromatic nitrogens is 1. The van der Waals surface area contributed by atoms with Crippen molar-refractivity contribution in [2.45, 2.75) is 26.3 Å². The van der Waals surface area contributed by atoms with Crippen LogP contribution in [0.2, 0.25) is 0 Å². The van der Waals surface area contributed by atoms with E-state index in [2.05, 4.69) is 15.6 Å². The SMILES string of the molecule is Cc1coc(-c2ccc(C)c(NC(=O)CC3CSCCN3)c2)n1. The molecule has 1 aromatic heterocycles. The van der Waals surface area contributed by atoms with Crippen molar-refractivity contribution in [2.24, 2.45) is 0 Å². The summed E-state index contributed by atoms with van der Waals surface area (Å²) in [6.45, 7) is 4.84. The van der Waals surface area contributed by atoms with Gasteiger partial charge in [0, 0.05) is 41.8 Å². The van der Waals surface area contributed by atoms with Crippen molar-refractivity contribution in [1.82, 2.24) is 10.3 Å². The van der Waals surface area contributed by atoms with Gasteiger partial charge in [-0.1, -0.05) is 6.07 Å². The normalized spacial score (nSPS) is 17.9. The van der Waals surface area contributed by atoms with Crippen LogP contribution < -0.4 is 10.6 Å². The van der Waals surface area contributed by atoms with E-state index in [0.717, 1.165) is 40.6 Å². The van der Waals surface area contributed by atoms with Gasteiger partial charge in [0.2, 0.25) is 11.8 Å². The minimum atomic E-state index is 0.0360. The fourth-order valence-corrected chi connectivity index (χ4v) is 3.50. The number of benzene rings is 1. The summed E-state index contributed by atoms with van der Waals surface area (Å²) in [7, 11) is 0. The third-order valence-corrected chi connectivity index (χ3v) is 4.94. The predicted molar refractivity (Wildman–Crippen MR) is 93.8 cm³/mol. The van der Waals surface area contributed by atoms with E-state index in [9.17, 15) is 4.79 Å². The van der Waals surface area contributed by atoms with Gasteiger partial charge in [0.1, 0.15) is 6.26 Å². The molecule has 0 bridgehead atoms. The van der Waals surface area contributed by atoms with Crippen molar-refractivity contribution in [3.8, 4) is 11.5 Å². The molecule has 0 radical (unpaired) electrons. The first-order valence-corrected chi connectivity index (χ1v) is 8.91. The van der Waals surface area contributed by atoms with Crippen LogP contribution in [0.25, 0.3) is 11.5 Å². The number of anilines is 1. The van der Waals surface area contributed by atoms with Gasteiger partial charge in [-0.05, 0) is 31.5 Å². The second-order valence-electron chi connectivity index (χ2n) is 5.80. The summed E-state index contributed by atoms with van der Waals surface area (Å²) in [4.78, 5) is 16.6. The highest BCUT2D eigenvalue weighted by Crippen LogP contribution is 2.25. The van der Waals surface area contributed by atoms with Crippen molar-refractivity contribution < 1.29 is 9.21 Å². The van der Waals surface area contributed by atoms with E-state index in [-0.39, 0.29) is 11.9 Å². The second kappa shape index (κ2) is 7.19. The fourth-order valence-electron chi connectivity index (χ4n) is 2.55. The highest BCUT2D eigenvalue weighted by atomic mass is 32.2. The third-order valence-electron chi connectivity index (χ3n) is 3.81. The number of thioether (sulfide) groups is 1. The van der Waals surface area contributed by atoms with E-state index in [1.165, 1.54) is 0 Å². The molecule has 0 spiro atoms. The standard InChI is InChI=1S/C17H21N3O2S/c1-11-3-4-13(17-19-12(2)9-22-17)7-15(11)20-16(21)8-14-10-23-6-5-18-14/h3-4,7,9,14,18H,5-6,8,10H2,1-2H3,(H,20,21). The number of amides is 1. The lowest BCUT2D eigenvalue weighted by molar-refractivity contribution is -0.116. The van der Waals surface area contributed by atoms with Crippen LogP contribution in [0.15, 0.2) is 28.9 Å². The van der Waals surface area contributed by atoms with Gasteiger partial charge in [-0.2, -0.15) is 11.8 Å². The van der Waals surface area contributed by atoms with Crippen LogP contribution in [0.3, 0.4) is 0 Å². The number of oxazole rings is 1. The van der Waals surface area contributed by atoms with Crippen LogP contribution in [-0.4, -0.2) is 35.0 Å². The molecule has 2 N–H and O–H groups in total. The van der Waals surface area contributed by atoms with Gasteiger partial charge in [0.15, 0.2) is 0 Å². The molecule has 23 heavy (non-hydrogen) atoms. The maximum Gasteiger partial charge on any atom is 0.226 e. The van der Waals surface area contributed by atoms with E-state index < -0.39 is 0 Å². The molecule has 2 aromatic rings. The quantitative estimate of drug-likeness (QED) is 0.901. The molecule has 6 heteroatoms.